The highest BCUT2D eigenvalue weighted by atomic mass is 32.1. The third-order valence-electron chi connectivity index (χ3n) is 2.86. The first-order valence-corrected chi connectivity index (χ1v) is 6.45. The average Bonchev–Trinajstić information content (AvgIpc) is 3.20. The number of thiocarbonyl (C=S) groups is 1. The molecule has 0 heterocycles. The maximum atomic E-state index is 11.9. The Bertz CT molecular complexity index is 526. The maximum Gasteiger partial charge on any atom is 0.269 e. The van der Waals surface area contributed by atoms with Gasteiger partial charge in [-0.2, -0.15) is 0 Å². The van der Waals surface area contributed by atoms with E-state index in [0.29, 0.717) is 5.56 Å². The Morgan fingerprint density at radius 1 is 1.21 bits per heavy atom. The molecule has 1 aliphatic carbocycles. The van der Waals surface area contributed by atoms with Gasteiger partial charge in [0.2, 0.25) is 5.91 Å². The van der Waals surface area contributed by atoms with Crippen LogP contribution in [-0.2, 0) is 4.79 Å². The van der Waals surface area contributed by atoms with Crippen LogP contribution in [0.5, 0.6) is 0 Å². The SMILES string of the molecule is Cc1ccccc1C(=O)NNC(=S)NC(=O)C1CC1. The van der Waals surface area contributed by atoms with E-state index < -0.39 is 0 Å². The van der Waals surface area contributed by atoms with Gasteiger partial charge in [-0.05, 0) is 43.6 Å². The quantitative estimate of drug-likeness (QED) is 0.558. The average molecular weight is 277 g/mol. The second-order valence-electron chi connectivity index (χ2n) is 4.49. The summed E-state index contributed by atoms with van der Waals surface area (Å²) in [5.41, 5.74) is 6.41. The Labute approximate surface area is 116 Å². The van der Waals surface area contributed by atoms with Gasteiger partial charge < -0.3 is 5.32 Å². The molecule has 0 unspecified atom stereocenters. The molecule has 100 valence electrons. The van der Waals surface area contributed by atoms with Gasteiger partial charge in [-0.15, -0.1) is 0 Å². The first-order valence-electron chi connectivity index (χ1n) is 6.04. The summed E-state index contributed by atoms with van der Waals surface area (Å²) in [6.45, 7) is 1.85. The second kappa shape index (κ2) is 5.79. The van der Waals surface area contributed by atoms with Crippen molar-refractivity contribution in [2.75, 3.05) is 0 Å². The normalized spacial score (nSPS) is 13.5. The van der Waals surface area contributed by atoms with Crippen LogP contribution < -0.4 is 16.2 Å². The van der Waals surface area contributed by atoms with E-state index >= 15 is 0 Å². The Kier molecular flexibility index (Phi) is 4.11. The van der Waals surface area contributed by atoms with Crippen LogP contribution in [0.1, 0.15) is 28.8 Å². The molecule has 0 saturated heterocycles. The lowest BCUT2D eigenvalue weighted by Crippen LogP contribution is -2.48. The lowest BCUT2D eigenvalue weighted by Gasteiger charge is -2.11. The summed E-state index contributed by atoms with van der Waals surface area (Å²) < 4.78 is 0. The minimum atomic E-state index is -0.291. The molecule has 1 saturated carbocycles. The van der Waals surface area contributed by atoms with E-state index in [1.165, 1.54) is 0 Å². The van der Waals surface area contributed by atoms with Crippen molar-refractivity contribution in [1.29, 1.82) is 0 Å². The topological polar surface area (TPSA) is 70.2 Å². The second-order valence-corrected chi connectivity index (χ2v) is 4.89. The summed E-state index contributed by atoms with van der Waals surface area (Å²) >= 11 is 4.92. The van der Waals surface area contributed by atoms with E-state index in [2.05, 4.69) is 16.2 Å². The van der Waals surface area contributed by atoms with Crippen molar-refractivity contribution in [1.82, 2.24) is 16.2 Å². The van der Waals surface area contributed by atoms with E-state index in [9.17, 15) is 9.59 Å². The number of aryl methyl sites for hydroxylation is 1. The van der Waals surface area contributed by atoms with E-state index in [1.54, 1.807) is 12.1 Å². The Morgan fingerprint density at radius 2 is 1.89 bits per heavy atom. The molecule has 5 nitrogen and oxygen atoms in total. The number of rotatable bonds is 2. The molecule has 6 heteroatoms. The van der Waals surface area contributed by atoms with Crippen molar-refractivity contribution in [2.24, 2.45) is 5.92 Å². The molecule has 19 heavy (non-hydrogen) atoms. The number of carbonyl (C=O) groups is 2. The van der Waals surface area contributed by atoms with Gasteiger partial charge in [0, 0.05) is 11.5 Å². The molecule has 1 aromatic carbocycles. The third-order valence-corrected chi connectivity index (χ3v) is 3.07. The molecule has 1 fully saturated rings. The summed E-state index contributed by atoms with van der Waals surface area (Å²) in [4.78, 5) is 23.3. The molecule has 0 spiro atoms. The van der Waals surface area contributed by atoms with Crippen LogP contribution in [0.4, 0.5) is 0 Å². The van der Waals surface area contributed by atoms with E-state index in [1.807, 2.05) is 19.1 Å². The van der Waals surface area contributed by atoms with Gasteiger partial charge >= 0.3 is 0 Å². The monoisotopic (exact) mass is 277 g/mol. The number of carbonyl (C=O) groups excluding carboxylic acids is 2. The van der Waals surface area contributed by atoms with Crippen LogP contribution in [-0.4, -0.2) is 16.9 Å². The highest BCUT2D eigenvalue weighted by molar-refractivity contribution is 7.80. The summed E-state index contributed by atoms with van der Waals surface area (Å²) in [6.07, 6.45) is 1.81. The zero-order valence-corrected chi connectivity index (χ0v) is 11.3. The van der Waals surface area contributed by atoms with Gasteiger partial charge in [-0.25, -0.2) is 0 Å². The van der Waals surface area contributed by atoms with Gasteiger partial charge in [0.25, 0.3) is 5.91 Å². The van der Waals surface area contributed by atoms with Crippen LogP contribution in [0.2, 0.25) is 0 Å². The standard InChI is InChI=1S/C13H15N3O2S/c1-8-4-2-3-5-10(8)12(18)15-16-13(19)14-11(17)9-6-7-9/h2-5,9H,6-7H2,1H3,(H,15,18)(H2,14,16,17,19). The summed E-state index contributed by atoms with van der Waals surface area (Å²) in [6, 6.07) is 7.22. The van der Waals surface area contributed by atoms with Crippen molar-refractivity contribution < 1.29 is 9.59 Å². The van der Waals surface area contributed by atoms with Gasteiger partial charge in [-0.1, -0.05) is 18.2 Å². The van der Waals surface area contributed by atoms with Crippen molar-refractivity contribution in [3.63, 3.8) is 0 Å². The van der Waals surface area contributed by atoms with E-state index in [-0.39, 0.29) is 22.8 Å². The fourth-order valence-electron chi connectivity index (χ4n) is 1.60. The third kappa shape index (κ3) is 3.75. The summed E-state index contributed by atoms with van der Waals surface area (Å²) in [7, 11) is 0. The van der Waals surface area contributed by atoms with Crippen LogP contribution >= 0.6 is 12.2 Å². The van der Waals surface area contributed by atoms with E-state index in [0.717, 1.165) is 18.4 Å². The van der Waals surface area contributed by atoms with Gasteiger partial charge in [0.05, 0.1) is 0 Å². The Balaban J connectivity index is 1.81. The molecule has 1 aromatic rings. The highest BCUT2D eigenvalue weighted by Gasteiger charge is 2.30. The van der Waals surface area contributed by atoms with Crippen LogP contribution in [0.3, 0.4) is 0 Å². The van der Waals surface area contributed by atoms with Crippen molar-refractivity contribution >= 4 is 29.1 Å². The van der Waals surface area contributed by atoms with Gasteiger partial charge in [0.15, 0.2) is 5.11 Å². The van der Waals surface area contributed by atoms with Crippen LogP contribution in [0.15, 0.2) is 24.3 Å². The number of benzene rings is 1. The first kappa shape index (κ1) is 13.5. The minimum absolute atomic E-state index is 0.0758. The summed E-state index contributed by atoms with van der Waals surface area (Å²) in [5.74, 6) is -0.310. The van der Waals surface area contributed by atoms with Crippen molar-refractivity contribution in [2.45, 2.75) is 19.8 Å². The smallest absolute Gasteiger partial charge is 0.269 e. The molecule has 0 bridgehead atoms. The Hall–Kier alpha value is -1.95. The molecule has 1 aliphatic rings. The fraction of sp³-hybridized carbons (Fsp3) is 0.308. The molecule has 2 amide bonds. The minimum Gasteiger partial charge on any atom is -0.302 e. The number of nitrogens with one attached hydrogen (secondary N) is 3. The molecular weight excluding hydrogens is 262 g/mol. The first-order chi connectivity index (χ1) is 9.08. The largest absolute Gasteiger partial charge is 0.302 e. The molecule has 0 aromatic heterocycles. The van der Waals surface area contributed by atoms with Gasteiger partial charge in [0.1, 0.15) is 0 Å². The van der Waals surface area contributed by atoms with Crippen molar-refractivity contribution in [3.8, 4) is 0 Å². The molecule has 0 atom stereocenters. The van der Waals surface area contributed by atoms with E-state index in [4.69, 9.17) is 12.2 Å². The maximum absolute atomic E-state index is 11.9. The number of hydrogen-bond acceptors (Lipinski definition) is 3. The van der Waals surface area contributed by atoms with Gasteiger partial charge in [-0.3, -0.25) is 20.4 Å². The highest BCUT2D eigenvalue weighted by Crippen LogP contribution is 2.28. The molecule has 0 radical (unpaired) electrons. The fourth-order valence-corrected chi connectivity index (χ4v) is 1.75. The van der Waals surface area contributed by atoms with Crippen LogP contribution in [0, 0.1) is 12.8 Å². The Morgan fingerprint density at radius 3 is 2.53 bits per heavy atom. The van der Waals surface area contributed by atoms with Crippen LogP contribution in [0.25, 0.3) is 0 Å². The zero-order valence-electron chi connectivity index (χ0n) is 10.5. The predicted molar refractivity (Wildman–Crippen MR) is 75.2 cm³/mol. The molecule has 2 rings (SSSR count). The lowest BCUT2D eigenvalue weighted by atomic mass is 10.1. The van der Waals surface area contributed by atoms with Crippen molar-refractivity contribution in [3.05, 3.63) is 35.4 Å². The summed E-state index contributed by atoms with van der Waals surface area (Å²) in [5, 5.41) is 2.64. The number of amides is 2. The number of hydrogen-bond donors (Lipinski definition) is 3. The molecular formula is C13H15N3O2S. The lowest BCUT2D eigenvalue weighted by molar-refractivity contribution is -0.120. The molecule has 3 N–H and O–H groups in total. The number of hydrazine groups is 1. The molecule has 0 aliphatic heterocycles. The predicted octanol–water partition coefficient (Wildman–Crippen LogP) is 1.04. The zero-order chi connectivity index (χ0) is 13.8.